The summed E-state index contributed by atoms with van der Waals surface area (Å²) in [7, 11) is 1.37. The molecule has 0 saturated heterocycles. The first-order valence-electron chi connectivity index (χ1n) is 10.3. The number of hydrogen-bond donors (Lipinski definition) is 1. The summed E-state index contributed by atoms with van der Waals surface area (Å²) in [6.07, 6.45) is 3.19. The van der Waals surface area contributed by atoms with Crippen LogP contribution in [0.3, 0.4) is 0 Å². The molecule has 0 amide bonds. The van der Waals surface area contributed by atoms with Gasteiger partial charge in [-0.15, -0.1) is 0 Å². The molecule has 3 rings (SSSR count). The maximum absolute atomic E-state index is 14.5. The van der Waals surface area contributed by atoms with Crippen LogP contribution in [0.4, 0.5) is 15.8 Å². The Bertz CT molecular complexity index is 1380. The number of nitrogens with one attached hydrogen (secondary N) is 1. The summed E-state index contributed by atoms with van der Waals surface area (Å²) >= 11 is 0. The van der Waals surface area contributed by atoms with Crippen molar-refractivity contribution in [2.75, 3.05) is 33.2 Å². The van der Waals surface area contributed by atoms with E-state index in [1.54, 1.807) is 24.3 Å². The molecule has 0 heterocycles. The lowest BCUT2D eigenvalue weighted by Gasteiger charge is -2.15. The summed E-state index contributed by atoms with van der Waals surface area (Å²) in [5.41, 5.74) is 0.482. The molecule has 36 heavy (non-hydrogen) atoms. The number of anilines is 1. The van der Waals surface area contributed by atoms with Gasteiger partial charge in [-0.2, -0.15) is 0 Å². The molecule has 0 aliphatic carbocycles. The largest absolute Gasteiger partial charge is 0.493 e. The lowest BCUT2D eigenvalue weighted by atomic mass is 10.1. The molecule has 190 valence electrons. The molecular formula is C24H23FN2O8S. The smallest absolute Gasteiger partial charge is 0.269 e. The molecule has 0 bridgehead atoms. The molecule has 0 saturated carbocycles. The van der Waals surface area contributed by atoms with E-state index in [2.05, 4.69) is 4.72 Å². The van der Waals surface area contributed by atoms with E-state index in [1.807, 2.05) is 0 Å². The van der Waals surface area contributed by atoms with Gasteiger partial charge in [-0.25, -0.2) is 12.8 Å². The third kappa shape index (κ3) is 5.49. The highest BCUT2D eigenvalue weighted by atomic mass is 32.2. The highest BCUT2D eigenvalue weighted by Crippen LogP contribution is 2.39. The minimum atomic E-state index is -4.25. The van der Waals surface area contributed by atoms with Gasteiger partial charge in [0.25, 0.3) is 15.7 Å². The predicted molar refractivity (Wildman–Crippen MR) is 132 cm³/mol. The summed E-state index contributed by atoms with van der Waals surface area (Å²) in [6.45, 7) is 0. The second-order valence-corrected chi connectivity index (χ2v) is 8.88. The fourth-order valence-corrected chi connectivity index (χ4v) is 4.43. The van der Waals surface area contributed by atoms with Crippen molar-refractivity contribution in [3.05, 3.63) is 75.6 Å². The molecular weight excluding hydrogens is 495 g/mol. The van der Waals surface area contributed by atoms with Crippen LogP contribution in [0.5, 0.6) is 23.0 Å². The number of sulfonamides is 1. The van der Waals surface area contributed by atoms with E-state index in [4.69, 9.17) is 18.9 Å². The molecule has 0 unspecified atom stereocenters. The van der Waals surface area contributed by atoms with E-state index in [1.165, 1.54) is 34.5 Å². The van der Waals surface area contributed by atoms with Gasteiger partial charge in [0.2, 0.25) is 5.75 Å². The third-order valence-electron chi connectivity index (χ3n) is 5.08. The van der Waals surface area contributed by atoms with Crippen LogP contribution in [0.2, 0.25) is 0 Å². The van der Waals surface area contributed by atoms with Crippen LogP contribution in [0.1, 0.15) is 11.1 Å². The normalized spacial score (nSPS) is 11.2. The van der Waals surface area contributed by atoms with Crippen molar-refractivity contribution < 1.29 is 36.7 Å². The SMILES string of the molecule is COc1cc(C=Cc2ccc(F)c(OC)c2NS(=O)(=O)c2ccc([N+](=O)[O-])cc2)cc(OC)c1OC. The molecule has 3 aromatic carbocycles. The minimum Gasteiger partial charge on any atom is -0.493 e. The zero-order valence-corrected chi connectivity index (χ0v) is 20.6. The van der Waals surface area contributed by atoms with E-state index in [-0.39, 0.29) is 27.6 Å². The van der Waals surface area contributed by atoms with Crippen molar-refractivity contribution >= 4 is 33.6 Å². The number of nitro benzene ring substituents is 1. The van der Waals surface area contributed by atoms with Crippen molar-refractivity contribution in [2.24, 2.45) is 0 Å². The van der Waals surface area contributed by atoms with Crippen LogP contribution in [0.15, 0.2) is 53.4 Å². The van der Waals surface area contributed by atoms with Crippen LogP contribution in [-0.4, -0.2) is 41.8 Å². The van der Waals surface area contributed by atoms with Gasteiger partial charge in [0.05, 0.1) is 38.3 Å². The zero-order chi connectivity index (χ0) is 26.5. The van der Waals surface area contributed by atoms with E-state index >= 15 is 0 Å². The first kappa shape index (κ1) is 26.3. The Balaban J connectivity index is 2.05. The number of rotatable bonds is 10. The number of nitro groups is 1. The molecule has 12 heteroatoms. The van der Waals surface area contributed by atoms with Crippen LogP contribution < -0.4 is 23.7 Å². The van der Waals surface area contributed by atoms with E-state index < -0.39 is 20.8 Å². The number of methoxy groups -OCH3 is 4. The quantitative estimate of drug-likeness (QED) is 0.232. The number of ether oxygens (including phenoxy) is 4. The number of benzene rings is 3. The monoisotopic (exact) mass is 518 g/mol. The van der Waals surface area contributed by atoms with Gasteiger partial charge in [0, 0.05) is 17.7 Å². The molecule has 10 nitrogen and oxygen atoms in total. The Morgan fingerprint density at radius 2 is 1.44 bits per heavy atom. The second-order valence-electron chi connectivity index (χ2n) is 7.19. The third-order valence-corrected chi connectivity index (χ3v) is 6.45. The molecule has 0 spiro atoms. The maximum Gasteiger partial charge on any atom is 0.269 e. The van der Waals surface area contributed by atoms with Crippen molar-refractivity contribution in [1.29, 1.82) is 0 Å². The van der Waals surface area contributed by atoms with Crippen molar-refractivity contribution in [1.82, 2.24) is 0 Å². The summed E-state index contributed by atoms with van der Waals surface area (Å²) in [4.78, 5) is 9.98. The number of halogens is 1. The summed E-state index contributed by atoms with van der Waals surface area (Å²) in [5.74, 6) is 0.105. The fraction of sp³-hybridized carbons (Fsp3) is 0.167. The summed E-state index contributed by atoms with van der Waals surface area (Å²) in [5, 5.41) is 10.9. The molecule has 0 aliphatic heterocycles. The van der Waals surface area contributed by atoms with Gasteiger partial charge in [-0.05, 0) is 42.0 Å². The molecule has 0 fully saturated rings. The Morgan fingerprint density at radius 3 is 1.94 bits per heavy atom. The van der Waals surface area contributed by atoms with Gasteiger partial charge in [0.15, 0.2) is 23.1 Å². The number of non-ortho nitro benzene ring substituents is 1. The lowest BCUT2D eigenvalue weighted by molar-refractivity contribution is -0.384. The second kappa shape index (κ2) is 11.0. The molecule has 0 aromatic heterocycles. The Kier molecular flexibility index (Phi) is 8.00. The van der Waals surface area contributed by atoms with Crippen molar-refractivity contribution in [3.8, 4) is 23.0 Å². The lowest BCUT2D eigenvalue weighted by Crippen LogP contribution is -2.15. The Labute approximate surface area is 207 Å². The van der Waals surface area contributed by atoms with Gasteiger partial charge >= 0.3 is 0 Å². The summed E-state index contributed by atoms with van der Waals surface area (Å²) < 4.78 is 63.9. The van der Waals surface area contributed by atoms with Crippen LogP contribution in [0, 0.1) is 15.9 Å². The van der Waals surface area contributed by atoms with Crippen LogP contribution in [0.25, 0.3) is 12.2 Å². The highest BCUT2D eigenvalue weighted by Gasteiger charge is 2.22. The topological polar surface area (TPSA) is 126 Å². The highest BCUT2D eigenvalue weighted by molar-refractivity contribution is 7.92. The molecule has 0 aliphatic rings. The summed E-state index contributed by atoms with van der Waals surface area (Å²) in [6, 6.07) is 10.1. The first-order chi connectivity index (χ1) is 17.1. The molecule has 0 radical (unpaired) electrons. The predicted octanol–water partition coefficient (Wildman–Crippen LogP) is 4.74. The zero-order valence-electron chi connectivity index (χ0n) is 19.8. The fourth-order valence-electron chi connectivity index (χ4n) is 3.34. The standard InChI is InChI=1S/C24H23FN2O8S/c1-32-20-13-15(14-21(33-2)24(20)35-4)5-6-16-7-12-19(25)23(34-3)22(16)26-36(30,31)18-10-8-17(9-11-18)27(28)29/h5-14,26H,1-4H3. The first-order valence-corrected chi connectivity index (χ1v) is 11.7. The average Bonchev–Trinajstić information content (AvgIpc) is 2.87. The van der Waals surface area contributed by atoms with E-state index in [0.29, 0.717) is 22.8 Å². The van der Waals surface area contributed by atoms with Crippen LogP contribution in [-0.2, 0) is 10.0 Å². The van der Waals surface area contributed by atoms with E-state index in [0.717, 1.165) is 30.3 Å². The van der Waals surface area contributed by atoms with Gasteiger partial charge in [-0.1, -0.05) is 12.2 Å². The van der Waals surface area contributed by atoms with Gasteiger partial charge < -0.3 is 18.9 Å². The number of nitrogens with zero attached hydrogens (tertiary/aromatic N) is 1. The Morgan fingerprint density at radius 1 is 0.861 bits per heavy atom. The van der Waals surface area contributed by atoms with Crippen molar-refractivity contribution in [2.45, 2.75) is 4.90 Å². The average molecular weight is 519 g/mol. The maximum atomic E-state index is 14.5. The van der Waals surface area contributed by atoms with Gasteiger partial charge in [-0.3, -0.25) is 14.8 Å². The molecule has 3 aromatic rings. The Hall–Kier alpha value is -4.32. The van der Waals surface area contributed by atoms with Gasteiger partial charge in [0.1, 0.15) is 5.69 Å². The number of hydrogen-bond acceptors (Lipinski definition) is 8. The molecule has 1 N–H and O–H groups in total. The van der Waals surface area contributed by atoms with Crippen molar-refractivity contribution in [3.63, 3.8) is 0 Å². The molecule has 0 atom stereocenters. The van der Waals surface area contributed by atoms with E-state index in [9.17, 15) is 22.9 Å². The minimum absolute atomic E-state index is 0.153. The van der Waals surface area contributed by atoms with Crippen LogP contribution >= 0.6 is 0 Å².